The third kappa shape index (κ3) is 2.67. The molecular weight excluding hydrogens is 162 g/mol. The summed E-state index contributed by atoms with van der Waals surface area (Å²) in [5, 5.41) is 0. The van der Waals surface area contributed by atoms with Crippen LogP contribution in [-0.2, 0) is 11.3 Å². The van der Waals surface area contributed by atoms with Gasteiger partial charge < -0.3 is 4.74 Å². The Morgan fingerprint density at radius 1 is 1.62 bits per heavy atom. The minimum absolute atomic E-state index is 0.646. The predicted molar refractivity (Wildman–Crippen MR) is 54.4 cm³/mol. The molecule has 1 heterocycles. The van der Waals surface area contributed by atoms with E-state index in [-0.39, 0.29) is 0 Å². The topological polar surface area (TPSA) is 22.1 Å². The number of nitrogens with zero attached hydrogens (tertiary/aromatic N) is 1. The van der Waals surface area contributed by atoms with Gasteiger partial charge in [-0.3, -0.25) is 4.98 Å². The Bertz CT molecular complexity index is 294. The molecule has 0 amide bonds. The molecule has 0 saturated heterocycles. The lowest BCUT2D eigenvalue weighted by Gasteiger charge is -2.05. The van der Waals surface area contributed by atoms with E-state index in [1.165, 1.54) is 5.56 Å². The first-order valence-corrected chi connectivity index (χ1v) is 4.43. The van der Waals surface area contributed by atoms with Crippen molar-refractivity contribution in [3.05, 3.63) is 35.7 Å². The maximum atomic E-state index is 5.31. The van der Waals surface area contributed by atoms with Gasteiger partial charge in [-0.15, -0.1) is 0 Å². The van der Waals surface area contributed by atoms with Crippen LogP contribution in [0.25, 0.3) is 6.08 Å². The Kier molecular flexibility index (Phi) is 3.65. The Labute approximate surface area is 79.3 Å². The van der Waals surface area contributed by atoms with Crippen LogP contribution in [-0.4, -0.2) is 11.6 Å². The van der Waals surface area contributed by atoms with Crippen LogP contribution in [0.15, 0.2) is 18.8 Å². The lowest BCUT2D eigenvalue weighted by Crippen LogP contribution is -1.96. The zero-order chi connectivity index (χ0) is 9.68. The molecule has 2 heteroatoms. The SMILES string of the molecule is C=Cc1cc(C)c(COCC)cn1. The second-order valence-corrected chi connectivity index (χ2v) is 2.88. The fourth-order valence-corrected chi connectivity index (χ4v) is 1.08. The van der Waals surface area contributed by atoms with Crippen molar-refractivity contribution < 1.29 is 4.74 Å². The van der Waals surface area contributed by atoms with E-state index in [0.717, 1.165) is 17.9 Å². The largest absolute Gasteiger partial charge is 0.377 e. The fourth-order valence-electron chi connectivity index (χ4n) is 1.08. The van der Waals surface area contributed by atoms with E-state index in [4.69, 9.17) is 4.74 Å². The molecule has 0 N–H and O–H groups in total. The molecule has 0 saturated carbocycles. The molecule has 13 heavy (non-hydrogen) atoms. The van der Waals surface area contributed by atoms with Gasteiger partial charge in [0.1, 0.15) is 0 Å². The Balaban J connectivity index is 2.79. The number of pyridine rings is 1. The van der Waals surface area contributed by atoms with Gasteiger partial charge in [-0.2, -0.15) is 0 Å². The number of aryl methyl sites for hydroxylation is 1. The van der Waals surface area contributed by atoms with Crippen molar-refractivity contribution >= 4 is 6.08 Å². The molecule has 1 aromatic heterocycles. The zero-order valence-corrected chi connectivity index (χ0v) is 8.21. The van der Waals surface area contributed by atoms with Gasteiger partial charge >= 0.3 is 0 Å². The van der Waals surface area contributed by atoms with Gasteiger partial charge in [-0.25, -0.2) is 0 Å². The van der Waals surface area contributed by atoms with Crippen LogP contribution < -0.4 is 0 Å². The second-order valence-electron chi connectivity index (χ2n) is 2.88. The van der Waals surface area contributed by atoms with Crippen LogP contribution in [0.5, 0.6) is 0 Å². The summed E-state index contributed by atoms with van der Waals surface area (Å²) in [7, 11) is 0. The molecule has 0 aliphatic rings. The third-order valence-corrected chi connectivity index (χ3v) is 1.91. The first-order chi connectivity index (χ1) is 6.27. The molecule has 70 valence electrons. The molecule has 0 spiro atoms. The van der Waals surface area contributed by atoms with Gasteiger partial charge in [0.25, 0.3) is 0 Å². The number of hydrogen-bond acceptors (Lipinski definition) is 2. The Morgan fingerprint density at radius 2 is 2.38 bits per heavy atom. The monoisotopic (exact) mass is 177 g/mol. The van der Waals surface area contributed by atoms with Crippen molar-refractivity contribution in [2.45, 2.75) is 20.5 Å². The summed E-state index contributed by atoms with van der Waals surface area (Å²) in [6, 6.07) is 2.02. The van der Waals surface area contributed by atoms with E-state index < -0.39 is 0 Å². The van der Waals surface area contributed by atoms with Crippen molar-refractivity contribution in [3.8, 4) is 0 Å². The molecule has 0 aromatic carbocycles. The van der Waals surface area contributed by atoms with Crippen molar-refractivity contribution in [2.75, 3.05) is 6.61 Å². The average Bonchev–Trinajstić information content (AvgIpc) is 2.16. The average molecular weight is 177 g/mol. The minimum atomic E-state index is 0.646. The molecule has 0 radical (unpaired) electrons. The van der Waals surface area contributed by atoms with Crippen LogP contribution >= 0.6 is 0 Å². The van der Waals surface area contributed by atoms with Crippen molar-refractivity contribution in [3.63, 3.8) is 0 Å². The summed E-state index contributed by atoms with van der Waals surface area (Å²) in [5.41, 5.74) is 3.27. The maximum Gasteiger partial charge on any atom is 0.0734 e. The molecule has 0 fully saturated rings. The van der Waals surface area contributed by atoms with Crippen LogP contribution in [0.2, 0.25) is 0 Å². The molecule has 1 aromatic rings. The fraction of sp³-hybridized carbons (Fsp3) is 0.364. The van der Waals surface area contributed by atoms with Gasteiger partial charge in [0.15, 0.2) is 0 Å². The second kappa shape index (κ2) is 4.77. The first kappa shape index (κ1) is 9.93. The number of aromatic nitrogens is 1. The van der Waals surface area contributed by atoms with Crippen molar-refractivity contribution in [1.29, 1.82) is 0 Å². The van der Waals surface area contributed by atoms with Gasteiger partial charge in [0.05, 0.1) is 12.3 Å². The highest BCUT2D eigenvalue weighted by Crippen LogP contribution is 2.10. The molecule has 0 unspecified atom stereocenters. The van der Waals surface area contributed by atoms with Crippen LogP contribution in [0, 0.1) is 6.92 Å². The highest BCUT2D eigenvalue weighted by atomic mass is 16.5. The van der Waals surface area contributed by atoms with Crippen LogP contribution in [0.3, 0.4) is 0 Å². The summed E-state index contributed by atoms with van der Waals surface area (Å²) in [6.45, 7) is 9.10. The summed E-state index contributed by atoms with van der Waals surface area (Å²) in [4.78, 5) is 4.21. The molecule has 0 bridgehead atoms. The van der Waals surface area contributed by atoms with Crippen LogP contribution in [0.4, 0.5) is 0 Å². The molecule has 0 atom stereocenters. The smallest absolute Gasteiger partial charge is 0.0734 e. The highest BCUT2D eigenvalue weighted by molar-refractivity contribution is 5.43. The summed E-state index contributed by atoms with van der Waals surface area (Å²) >= 11 is 0. The quantitative estimate of drug-likeness (QED) is 0.705. The summed E-state index contributed by atoms with van der Waals surface area (Å²) in [5.74, 6) is 0. The van der Waals surface area contributed by atoms with Gasteiger partial charge in [0, 0.05) is 12.8 Å². The van der Waals surface area contributed by atoms with E-state index in [1.54, 1.807) is 6.08 Å². The number of rotatable bonds is 4. The number of hydrogen-bond donors (Lipinski definition) is 0. The maximum absolute atomic E-state index is 5.31. The predicted octanol–water partition coefficient (Wildman–Crippen LogP) is 2.57. The number of ether oxygens (including phenoxy) is 1. The molecule has 0 aliphatic heterocycles. The molecule has 2 nitrogen and oxygen atoms in total. The Morgan fingerprint density at radius 3 is 2.92 bits per heavy atom. The minimum Gasteiger partial charge on any atom is -0.377 e. The highest BCUT2D eigenvalue weighted by Gasteiger charge is 1.98. The zero-order valence-electron chi connectivity index (χ0n) is 8.21. The van der Waals surface area contributed by atoms with Crippen molar-refractivity contribution in [2.24, 2.45) is 0 Å². The molecular formula is C11H15NO. The summed E-state index contributed by atoms with van der Waals surface area (Å²) in [6.07, 6.45) is 3.60. The standard InChI is InChI=1S/C11H15NO/c1-4-11-6-9(3)10(7-12-11)8-13-5-2/h4,6-7H,1,5,8H2,2-3H3. The Hall–Kier alpha value is -1.15. The lowest BCUT2D eigenvalue weighted by molar-refractivity contribution is 0.133. The van der Waals surface area contributed by atoms with E-state index in [0.29, 0.717) is 6.61 Å². The third-order valence-electron chi connectivity index (χ3n) is 1.91. The molecule has 0 aliphatic carbocycles. The molecule has 1 rings (SSSR count). The van der Waals surface area contributed by atoms with Crippen molar-refractivity contribution in [1.82, 2.24) is 4.98 Å². The van der Waals surface area contributed by atoms with E-state index in [1.807, 2.05) is 19.2 Å². The van der Waals surface area contributed by atoms with Crippen LogP contribution in [0.1, 0.15) is 23.7 Å². The lowest BCUT2D eigenvalue weighted by atomic mass is 10.1. The van der Waals surface area contributed by atoms with E-state index in [9.17, 15) is 0 Å². The van der Waals surface area contributed by atoms with Gasteiger partial charge in [-0.05, 0) is 37.1 Å². The summed E-state index contributed by atoms with van der Waals surface area (Å²) < 4.78 is 5.31. The first-order valence-electron chi connectivity index (χ1n) is 4.43. The van der Waals surface area contributed by atoms with E-state index in [2.05, 4.69) is 18.5 Å². The van der Waals surface area contributed by atoms with E-state index >= 15 is 0 Å². The van der Waals surface area contributed by atoms with Gasteiger partial charge in [0.2, 0.25) is 0 Å². The normalized spacial score (nSPS) is 10.0. The van der Waals surface area contributed by atoms with Gasteiger partial charge in [-0.1, -0.05) is 6.58 Å².